The Labute approximate surface area is 132 Å². The normalized spacial score (nSPS) is 10.4. The van der Waals surface area contributed by atoms with Crippen LogP contribution in [0.1, 0.15) is 16.8 Å². The molecule has 0 aliphatic carbocycles. The summed E-state index contributed by atoms with van der Waals surface area (Å²) < 4.78 is 7.94. The molecular formula is C10H8Br4O3. The summed E-state index contributed by atoms with van der Waals surface area (Å²) >= 11 is 13.4. The molecule has 0 bridgehead atoms. The number of carbonyl (C=O) groups excluding carboxylic acids is 1. The molecule has 0 saturated carbocycles. The Balaban J connectivity index is 2.94. The summed E-state index contributed by atoms with van der Waals surface area (Å²) in [5.74, 6) is -0.431. The fraction of sp³-hybridized carbons (Fsp3) is 0.300. The van der Waals surface area contributed by atoms with Gasteiger partial charge in [0.05, 0.1) is 12.2 Å². The minimum atomic E-state index is -0.431. The highest BCUT2D eigenvalue weighted by atomic mass is 79.9. The molecule has 3 nitrogen and oxygen atoms in total. The molecule has 0 aliphatic rings. The summed E-state index contributed by atoms with van der Waals surface area (Å²) in [5, 5.41) is 8.61. The molecule has 0 saturated heterocycles. The fourth-order valence-electron chi connectivity index (χ4n) is 1.03. The molecule has 0 fully saturated rings. The number of hydrogen-bond acceptors (Lipinski definition) is 3. The first kappa shape index (κ1) is 15.6. The van der Waals surface area contributed by atoms with Gasteiger partial charge in [-0.3, -0.25) is 0 Å². The molecule has 7 heteroatoms. The van der Waals surface area contributed by atoms with E-state index < -0.39 is 5.97 Å². The Morgan fingerprint density at radius 3 is 2.41 bits per heavy atom. The van der Waals surface area contributed by atoms with Crippen molar-refractivity contribution >= 4 is 69.7 Å². The van der Waals surface area contributed by atoms with Crippen LogP contribution in [0, 0.1) is 0 Å². The molecule has 1 N–H and O–H groups in total. The third-order valence-corrected chi connectivity index (χ3v) is 6.52. The van der Waals surface area contributed by atoms with Crippen LogP contribution in [-0.4, -0.2) is 24.3 Å². The van der Waals surface area contributed by atoms with Gasteiger partial charge in [-0.1, -0.05) is 0 Å². The smallest absolute Gasteiger partial charge is 0.339 e. The number of benzene rings is 1. The van der Waals surface area contributed by atoms with Gasteiger partial charge < -0.3 is 9.84 Å². The van der Waals surface area contributed by atoms with Gasteiger partial charge in [0.25, 0.3) is 0 Å². The summed E-state index contributed by atoms with van der Waals surface area (Å²) in [5.41, 5.74) is 0.421. The van der Waals surface area contributed by atoms with E-state index in [4.69, 9.17) is 9.84 Å². The summed E-state index contributed by atoms with van der Waals surface area (Å²) in [6.45, 7) is 0.204. The molecule has 94 valence electrons. The fourth-order valence-corrected chi connectivity index (χ4v) is 3.20. The van der Waals surface area contributed by atoms with Crippen LogP contribution in [-0.2, 0) is 4.74 Å². The third-order valence-electron chi connectivity index (χ3n) is 1.86. The van der Waals surface area contributed by atoms with Crippen LogP contribution in [0.4, 0.5) is 0 Å². The average molecular weight is 496 g/mol. The highest BCUT2D eigenvalue weighted by Crippen LogP contribution is 2.39. The van der Waals surface area contributed by atoms with Crippen molar-refractivity contribution in [3.63, 3.8) is 0 Å². The van der Waals surface area contributed by atoms with Crippen LogP contribution in [0.25, 0.3) is 0 Å². The van der Waals surface area contributed by atoms with Gasteiger partial charge in [-0.25, -0.2) is 4.79 Å². The van der Waals surface area contributed by atoms with Gasteiger partial charge in [0, 0.05) is 30.9 Å². The first-order chi connectivity index (χ1) is 7.99. The lowest BCUT2D eigenvalue weighted by molar-refractivity contribution is 0.0481. The van der Waals surface area contributed by atoms with Gasteiger partial charge in [-0.2, -0.15) is 0 Å². The minimum Gasteiger partial charge on any atom is -0.462 e. The largest absolute Gasteiger partial charge is 0.462 e. The maximum Gasteiger partial charge on any atom is 0.339 e. The van der Waals surface area contributed by atoms with Crippen LogP contribution in [0.15, 0.2) is 24.0 Å². The predicted molar refractivity (Wildman–Crippen MR) is 79.2 cm³/mol. The Hall–Kier alpha value is 0.570. The van der Waals surface area contributed by atoms with Crippen LogP contribution in [0.2, 0.25) is 0 Å². The standard InChI is InChI=1S/C10H8Br4O3/c11-6-4-5(7(12)9(14)8(6)13)10(16)17-3-1-2-15/h4,15H,1-3H2. The molecule has 1 rings (SSSR count). The van der Waals surface area contributed by atoms with E-state index in [1.165, 1.54) is 0 Å². The number of aliphatic hydroxyl groups excluding tert-OH is 1. The van der Waals surface area contributed by atoms with Gasteiger partial charge in [-0.15, -0.1) is 0 Å². The van der Waals surface area contributed by atoms with E-state index in [9.17, 15) is 4.79 Å². The Morgan fingerprint density at radius 2 is 1.82 bits per heavy atom. The van der Waals surface area contributed by atoms with E-state index in [1.807, 2.05) is 0 Å². The summed E-state index contributed by atoms with van der Waals surface area (Å²) in [6.07, 6.45) is 0.433. The van der Waals surface area contributed by atoms with E-state index >= 15 is 0 Å². The molecular weight excluding hydrogens is 488 g/mol. The molecule has 1 aromatic rings. The van der Waals surface area contributed by atoms with Gasteiger partial charge in [0.15, 0.2) is 0 Å². The Bertz CT molecular complexity index is 434. The van der Waals surface area contributed by atoms with Crippen molar-refractivity contribution < 1.29 is 14.6 Å². The number of aliphatic hydroxyl groups is 1. The van der Waals surface area contributed by atoms with Crippen molar-refractivity contribution in [2.45, 2.75) is 6.42 Å². The molecule has 0 amide bonds. The topological polar surface area (TPSA) is 46.5 Å². The van der Waals surface area contributed by atoms with Gasteiger partial charge in [0.1, 0.15) is 0 Å². The Kier molecular flexibility index (Phi) is 6.65. The highest BCUT2D eigenvalue weighted by Gasteiger charge is 2.18. The second kappa shape index (κ2) is 7.23. The molecule has 1 aromatic carbocycles. The molecule has 0 aromatic heterocycles. The lowest BCUT2D eigenvalue weighted by Crippen LogP contribution is -2.08. The number of halogens is 4. The van der Waals surface area contributed by atoms with Crippen molar-refractivity contribution in [1.82, 2.24) is 0 Å². The molecule has 0 aliphatic heterocycles. The minimum absolute atomic E-state index is 0.00216. The second-order valence-electron chi connectivity index (χ2n) is 3.06. The van der Waals surface area contributed by atoms with Crippen LogP contribution in [0.5, 0.6) is 0 Å². The zero-order chi connectivity index (χ0) is 13.0. The van der Waals surface area contributed by atoms with Gasteiger partial charge >= 0.3 is 5.97 Å². The van der Waals surface area contributed by atoms with Crippen LogP contribution in [0.3, 0.4) is 0 Å². The number of carbonyl (C=O) groups is 1. The van der Waals surface area contributed by atoms with Gasteiger partial charge in [-0.05, 0) is 69.8 Å². The molecule has 0 spiro atoms. The second-order valence-corrected chi connectivity index (χ2v) is 6.29. The van der Waals surface area contributed by atoms with Crippen molar-refractivity contribution in [2.75, 3.05) is 13.2 Å². The van der Waals surface area contributed by atoms with E-state index in [-0.39, 0.29) is 13.2 Å². The van der Waals surface area contributed by atoms with Crippen LogP contribution >= 0.6 is 63.7 Å². The molecule has 0 radical (unpaired) electrons. The average Bonchev–Trinajstić information content (AvgIpc) is 2.31. The van der Waals surface area contributed by atoms with Gasteiger partial charge in [0.2, 0.25) is 0 Å². The number of rotatable bonds is 4. The third kappa shape index (κ3) is 4.02. The van der Waals surface area contributed by atoms with E-state index in [0.29, 0.717) is 16.5 Å². The Morgan fingerprint density at radius 1 is 1.18 bits per heavy atom. The first-order valence-electron chi connectivity index (χ1n) is 4.60. The SMILES string of the molecule is O=C(OCCCO)c1cc(Br)c(Br)c(Br)c1Br. The molecule has 17 heavy (non-hydrogen) atoms. The van der Waals surface area contributed by atoms with E-state index in [1.54, 1.807) is 6.07 Å². The lowest BCUT2D eigenvalue weighted by Gasteiger charge is -2.09. The monoisotopic (exact) mass is 492 g/mol. The number of ether oxygens (including phenoxy) is 1. The van der Waals surface area contributed by atoms with E-state index in [0.717, 1.165) is 13.4 Å². The summed E-state index contributed by atoms with van der Waals surface area (Å²) in [4.78, 5) is 11.8. The van der Waals surface area contributed by atoms with Crippen molar-refractivity contribution in [3.05, 3.63) is 29.5 Å². The quantitative estimate of drug-likeness (QED) is 0.294. The highest BCUT2D eigenvalue weighted by molar-refractivity contribution is 9.15. The van der Waals surface area contributed by atoms with Crippen LogP contribution < -0.4 is 0 Å². The van der Waals surface area contributed by atoms with E-state index in [2.05, 4.69) is 63.7 Å². The summed E-state index contributed by atoms with van der Waals surface area (Å²) in [6, 6.07) is 1.67. The van der Waals surface area contributed by atoms with Crippen molar-refractivity contribution in [1.29, 1.82) is 0 Å². The molecule has 0 unspecified atom stereocenters. The first-order valence-corrected chi connectivity index (χ1v) is 7.77. The predicted octanol–water partition coefficient (Wildman–Crippen LogP) is 4.28. The number of hydrogen-bond donors (Lipinski definition) is 1. The molecule has 0 heterocycles. The van der Waals surface area contributed by atoms with Crippen molar-refractivity contribution in [2.24, 2.45) is 0 Å². The van der Waals surface area contributed by atoms with Crippen molar-refractivity contribution in [3.8, 4) is 0 Å². The maximum atomic E-state index is 11.8. The zero-order valence-corrected chi connectivity index (χ0v) is 14.8. The number of esters is 1. The molecule has 0 atom stereocenters. The lowest BCUT2D eigenvalue weighted by atomic mass is 10.2. The summed E-state index contributed by atoms with van der Waals surface area (Å²) in [7, 11) is 0. The maximum absolute atomic E-state index is 11.8. The zero-order valence-electron chi connectivity index (χ0n) is 8.47.